The Balaban J connectivity index is 1.33. The standard InChI is InChI=1S/C24H20FN3O2S/c1-15(16-6-8-18(25)9-7-16)26-24(31)28-20-12-10-19(11-13-20)27-23(29)22-14-17-4-2-3-5-21(17)30-22/h2-15H,1H3,(H,27,29)(H2,26,28,31). The molecule has 0 bridgehead atoms. The van der Waals surface area contributed by atoms with Crippen LogP contribution in [0.4, 0.5) is 15.8 Å². The van der Waals surface area contributed by atoms with Gasteiger partial charge in [0.1, 0.15) is 11.4 Å². The van der Waals surface area contributed by atoms with Crippen molar-refractivity contribution in [1.29, 1.82) is 0 Å². The topological polar surface area (TPSA) is 66.3 Å². The van der Waals surface area contributed by atoms with Gasteiger partial charge in [-0.3, -0.25) is 4.79 Å². The molecule has 31 heavy (non-hydrogen) atoms. The lowest BCUT2D eigenvalue weighted by Gasteiger charge is -2.17. The van der Waals surface area contributed by atoms with Gasteiger partial charge in [-0.1, -0.05) is 30.3 Å². The zero-order valence-corrected chi connectivity index (χ0v) is 17.5. The van der Waals surface area contributed by atoms with Crippen LogP contribution < -0.4 is 16.0 Å². The highest BCUT2D eigenvalue weighted by atomic mass is 32.1. The Morgan fingerprint density at radius 3 is 2.26 bits per heavy atom. The molecule has 1 aromatic heterocycles. The fraction of sp³-hybridized carbons (Fsp3) is 0.0833. The lowest BCUT2D eigenvalue weighted by molar-refractivity contribution is 0.0998. The second-order valence-electron chi connectivity index (χ2n) is 7.05. The molecule has 3 aromatic carbocycles. The Kier molecular flexibility index (Phi) is 5.95. The normalized spacial score (nSPS) is 11.7. The minimum absolute atomic E-state index is 0.0806. The van der Waals surface area contributed by atoms with Gasteiger partial charge in [0.15, 0.2) is 10.9 Å². The molecule has 7 heteroatoms. The van der Waals surface area contributed by atoms with Crippen LogP contribution in [-0.2, 0) is 0 Å². The van der Waals surface area contributed by atoms with Crippen LogP contribution in [-0.4, -0.2) is 11.0 Å². The quantitative estimate of drug-likeness (QED) is 0.344. The highest BCUT2D eigenvalue weighted by Crippen LogP contribution is 2.21. The van der Waals surface area contributed by atoms with Gasteiger partial charge < -0.3 is 20.4 Å². The number of carbonyl (C=O) groups excluding carboxylic acids is 1. The molecule has 4 aromatic rings. The van der Waals surface area contributed by atoms with E-state index in [-0.39, 0.29) is 23.5 Å². The number of rotatable bonds is 5. The summed E-state index contributed by atoms with van der Waals surface area (Å²) in [4.78, 5) is 12.4. The van der Waals surface area contributed by atoms with Gasteiger partial charge in [-0.25, -0.2) is 4.39 Å². The van der Waals surface area contributed by atoms with Gasteiger partial charge in [-0.2, -0.15) is 0 Å². The molecule has 0 spiro atoms. The van der Waals surface area contributed by atoms with E-state index in [0.29, 0.717) is 16.4 Å². The molecule has 1 atom stereocenters. The summed E-state index contributed by atoms with van der Waals surface area (Å²) in [6.07, 6.45) is 0. The molecule has 0 radical (unpaired) electrons. The second kappa shape index (κ2) is 8.97. The predicted molar refractivity (Wildman–Crippen MR) is 125 cm³/mol. The van der Waals surface area contributed by atoms with Crippen LogP contribution in [0.3, 0.4) is 0 Å². The summed E-state index contributed by atoms with van der Waals surface area (Å²) in [5, 5.41) is 10.4. The van der Waals surface area contributed by atoms with Crippen LogP contribution in [0.1, 0.15) is 29.1 Å². The first-order valence-corrected chi connectivity index (χ1v) is 10.1. The van der Waals surface area contributed by atoms with Gasteiger partial charge in [0.25, 0.3) is 5.91 Å². The summed E-state index contributed by atoms with van der Waals surface area (Å²) >= 11 is 5.36. The van der Waals surface area contributed by atoms with E-state index in [4.69, 9.17) is 16.6 Å². The molecular formula is C24H20FN3O2S. The van der Waals surface area contributed by atoms with Crippen LogP contribution in [0.2, 0.25) is 0 Å². The molecule has 156 valence electrons. The first-order valence-electron chi connectivity index (χ1n) is 9.71. The molecule has 0 aliphatic carbocycles. The summed E-state index contributed by atoms with van der Waals surface area (Å²) in [6.45, 7) is 1.94. The Hall–Kier alpha value is -3.71. The van der Waals surface area contributed by atoms with Crippen molar-refractivity contribution < 1.29 is 13.6 Å². The lowest BCUT2D eigenvalue weighted by Crippen LogP contribution is -2.30. The monoisotopic (exact) mass is 433 g/mol. The molecule has 0 fully saturated rings. The number of carbonyl (C=O) groups is 1. The summed E-state index contributed by atoms with van der Waals surface area (Å²) in [5.74, 6) is -0.338. The van der Waals surface area contributed by atoms with Crippen molar-refractivity contribution in [2.75, 3.05) is 10.6 Å². The molecule has 0 saturated heterocycles. The number of halogens is 1. The molecule has 1 unspecified atom stereocenters. The number of amides is 1. The van der Waals surface area contributed by atoms with E-state index in [1.165, 1.54) is 12.1 Å². The minimum Gasteiger partial charge on any atom is -0.451 e. The Labute approximate surface area is 184 Å². The number of fused-ring (bicyclic) bond motifs is 1. The van der Waals surface area contributed by atoms with Crippen molar-refractivity contribution in [3.63, 3.8) is 0 Å². The Bertz CT molecular complexity index is 1190. The van der Waals surface area contributed by atoms with Gasteiger partial charge in [0.2, 0.25) is 0 Å². The Morgan fingerprint density at radius 2 is 1.58 bits per heavy atom. The SMILES string of the molecule is CC(NC(=S)Nc1ccc(NC(=O)c2cc3ccccc3o2)cc1)c1ccc(F)cc1. The minimum atomic E-state index is -0.317. The van der Waals surface area contributed by atoms with E-state index in [1.807, 2.05) is 43.3 Å². The number of hydrogen-bond acceptors (Lipinski definition) is 3. The van der Waals surface area contributed by atoms with Crippen LogP contribution in [0.25, 0.3) is 11.0 Å². The summed E-state index contributed by atoms with van der Waals surface area (Å²) in [6, 6.07) is 22.5. The largest absolute Gasteiger partial charge is 0.451 e. The molecule has 0 aliphatic rings. The fourth-order valence-electron chi connectivity index (χ4n) is 3.12. The Morgan fingerprint density at radius 1 is 0.935 bits per heavy atom. The maximum Gasteiger partial charge on any atom is 0.291 e. The maximum absolute atomic E-state index is 13.1. The van der Waals surface area contributed by atoms with E-state index < -0.39 is 0 Å². The van der Waals surface area contributed by atoms with Crippen molar-refractivity contribution in [2.24, 2.45) is 0 Å². The van der Waals surface area contributed by atoms with Gasteiger partial charge in [0, 0.05) is 16.8 Å². The van der Waals surface area contributed by atoms with Gasteiger partial charge in [-0.15, -0.1) is 0 Å². The molecule has 1 amide bonds. The zero-order valence-electron chi connectivity index (χ0n) is 16.7. The third kappa shape index (κ3) is 5.07. The van der Waals surface area contributed by atoms with Gasteiger partial charge in [0.05, 0.1) is 6.04 Å². The van der Waals surface area contributed by atoms with Crippen LogP contribution >= 0.6 is 12.2 Å². The highest BCUT2D eigenvalue weighted by Gasteiger charge is 2.12. The summed E-state index contributed by atoms with van der Waals surface area (Å²) in [5.41, 5.74) is 3.00. The average molecular weight is 434 g/mol. The number of benzene rings is 3. The number of thiocarbonyl (C=S) groups is 1. The van der Waals surface area contributed by atoms with Crippen molar-refractivity contribution in [2.45, 2.75) is 13.0 Å². The van der Waals surface area contributed by atoms with E-state index >= 15 is 0 Å². The predicted octanol–water partition coefficient (Wildman–Crippen LogP) is 5.87. The molecule has 1 heterocycles. The van der Waals surface area contributed by atoms with Crippen molar-refractivity contribution in [3.8, 4) is 0 Å². The number of furan rings is 1. The van der Waals surface area contributed by atoms with Crippen molar-refractivity contribution in [1.82, 2.24) is 5.32 Å². The fourth-order valence-corrected chi connectivity index (χ4v) is 3.42. The zero-order chi connectivity index (χ0) is 21.8. The summed E-state index contributed by atoms with van der Waals surface area (Å²) < 4.78 is 18.7. The van der Waals surface area contributed by atoms with E-state index in [1.54, 1.807) is 30.3 Å². The average Bonchev–Trinajstić information content (AvgIpc) is 3.20. The third-order valence-corrected chi connectivity index (χ3v) is 4.99. The van der Waals surface area contributed by atoms with Crippen LogP contribution in [0, 0.1) is 5.82 Å². The lowest BCUT2D eigenvalue weighted by atomic mass is 10.1. The number of nitrogens with one attached hydrogen (secondary N) is 3. The van der Waals surface area contributed by atoms with E-state index in [0.717, 1.165) is 16.6 Å². The number of anilines is 2. The highest BCUT2D eigenvalue weighted by molar-refractivity contribution is 7.80. The molecule has 4 rings (SSSR count). The molecule has 5 nitrogen and oxygen atoms in total. The van der Waals surface area contributed by atoms with Gasteiger partial charge >= 0.3 is 0 Å². The smallest absolute Gasteiger partial charge is 0.291 e. The third-order valence-electron chi connectivity index (χ3n) is 4.77. The van der Waals surface area contributed by atoms with Gasteiger partial charge in [-0.05, 0) is 73.2 Å². The molecule has 3 N–H and O–H groups in total. The first kappa shape index (κ1) is 20.6. The molecule has 0 aliphatic heterocycles. The number of para-hydroxylation sites is 1. The molecular weight excluding hydrogens is 413 g/mol. The second-order valence-corrected chi connectivity index (χ2v) is 7.46. The van der Waals surface area contributed by atoms with Crippen LogP contribution in [0.15, 0.2) is 83.3 Å². The summed E-state index contributed by atoms with van der Waals surface area (Å²) in [7, 11) is 0. The molecule has 0 saturated carbocycles. The van der Waals surface area contributed by atoms with Crippen molar-refractivity contribution in [3.05, 3.63) is 96.0 Å². The number of hydrogen-bond donors (Lipinski definition) is 3. The van der Waals surface area contributed by atoms with Crippen molar-refractivity contribution >= 4 is 45.6 Å². The van der Waals surface area contributed by atoms with E-state index in [9.17, 15) is 9.18 Å². The van der Waals surface area contributed by atoms with E-state index in [2.05, 4.69) is 16.0 Å². The van der Waals surface area contributed by atoms with Crippen LogP contribution in [0.5, 0.6) is 0 Å². The maximum atomic E-state index is 13.1. The first-order chi connectivity index (χ1) is 15.0.